The maximum atomic E-state index is 6.75. The minimum Gasteiger partial charge on any atom is -0.512 e. The van der Waals surface area contributed by atoms with Gasteiger partial charge in [0.05, 0.1) is 0 Å². The third-order valence-corrected chi connectivity index (χ3v) is 0. The SMILES string of the molecule is [C-]#N.[N-]=[N+]=[N-]. The Hall–Kier alpha value is -1.20. The fraction of sp³-hybridized carbons (Fsp3) is 0. The molecule has 4 nitrogen and oxygen atoms in total. The molecule has 0 bridgehead atoms. The molecule has 0 aliphatic rings. The topological polar surface area (TPSA) is 82.5 Å². The Morgan fingerprint density at radius 3 is 1.40 bits per heavy atom. The summed E-state index contributed by atoms with van der Waals surface area (Å²) < 4.78 is 0. The van der Waals surface area contributed by atoms with Gasteiger partial charge in [0.15, 0.2) is 0 Å². The van der Waals surface area contributed by atoms with E-state index in [1.807, 2.05) is 0 Å². The Kier molecular flexibility index (Phi) is 417. The van der Waals surface area contributed by atoms with E-state index < -0.39 is 0 Å². The zero-order chi connectivity index (χ0) is 4.71. The normalized spacial score (nSPS) is 2.00. The summed E-state index contributed by atoms with van der Waals surface area (Å²) in [6.07, 6.45) is 0. The van der Waals surface area contributed by atoms with Crippen molar-refractivity contribution in [2.24, 2.45) is 0 Å². The number of nitrogens with zero attached hydrogens (tertiary/aromatic N) is 4. The average molecular weight is 68.0 g/mol. The summed E-state index contributed by atoms with van der Waals surface area (Å²) in [6, 6.07) is 0. The lowest BCUT2D eigenvalue weighted by atomic mass is 11.9. The second-order valence-electron chi connectivity index (χ2n) is 0.0894. The van der Waals surface area contributed by atoms with Gasteiger partial charge in [-0.25, -0.2) is 0 Å². The van der Waals surface area contributed by atoms with Crippen LogP contribution in [0.5, 0.6) is 0 Å². The summed E-state index contributed by atoms with van der Waals surface area (Å²) in [7, 11) is 0. The summed E-state index contributed by atoms with van der Waals surface area (Å²) >= 11 is 0. The van der Waals surface area contributed by atoms with Crippen molar-refractivity contribution in [3.8, 4) is 0 Å². The molecule has 0 rings (SSSR count). The van der Waals surface area contributed by atoms with Crippen LogP contribution in [0.1, 0.15) is 0 Å². The van der Waals surface area contributed by atoms with E-state index in [1.165, 1.54) is 4.91 Å². The second-order valence-corrected chi connectivity index (χ2v) is 0.0894. The molecule has 4 heteroatoms. The Morgan fingerprint density at radius 1 is 1.40 bits per heavy atom. The zero-order valence-electron chi connectivity index (χ0n) is 2.29. The maximum absolute atomic E-state index is 6.75. The van der Waals surface area contributed by atoms with Crippen molar-refractivity contribution in [2.45, 2.75) is 0 Å². The maximum Gasteiger partial charge on any atom is -0.255 e. The highest BCUT2D eigenvalue weighted by Gasteiger charge is 0.689. The van der Waals surface area contributed by atoms with Gasteiger partial charge >= 0.3 is 0 Å². The van der Waals surface area contributed by atoms with E-state index in [2.05, 4.69) is 0 Å². The summed E-state index contributed by atoms with van der Waals surface area (Å²) in [5, 5.41) is 6.25. The molecular weight excluding hydrogens is 68.0 g/mol. The van der Waals surface area contributed by atoms with Crippen LogP contribution in [0.15, 0.2) is 0 Å². The van der Waals surface area contributed by atoms with Gasteiger partial charge in [-0.15, -0.1) is 0 Å². The van der Waals surface area contributed by atoms with Gasteiger partial charge in [-0.05, 0) is 0 Å². The van der Waals surface area contributed by atoms with Crippen LogP contribution in [-0.2, 0) is 0 Å². The number of hydrogen-bond donors (Lipinski definition) is 0. The second kappa shape index (κ2) is 227. The van der Waals surface area contributed by atoms with Crippen molar-refractivity contribution in [3.63, 3.8) is 0 Å². The predicted molar refractivity (Wildman–Crippen MR) is 15.0 cm³/mol. The minimum absolute atomic E-state index is 1.50. The van der Waals surface area contributed by atoms with Crippen molar-refractivity contribution in [2.75, 3.05) is 0 Å². The molecule has 0 amide bonds. The smallest absolute Gasteiger partial charge is 0.255 e. The van der Waals surface area contributed by atoms with E-state index in [-0.39, 0.29) is 0 Å². The van der Waals surface area contributed by atoms with Gasteiger partial charge in [-0.2, -0.15) is 0 Å². The molecule has 0 heterocycles. The molecule has 0 atom stereocenters. The third kappa shape index (κ3) is 1.24. The molecule has 0 N–H and O–H groups in total. The molecule has 5 heavy (non-hydrogen) atoms. The molecule has 0 spiro atoms. The van der Waals surface area contributed by atoms with Gasteiger partial charge < -0.3 is 22.9 Å². The first kappa shape index (κ1) is 9.20. The molecule has 0 saturated carbocycles. The largest absolute Gasteiger partial charge is 0.512 e. The zero-order valence-corrected chi connectivity index (χ0v) is 2.29. The van der Waals surface area contributed by atoms with Gasteiger partial charge in [0.2, 0.25) is 0 Å². The Labute approximate surface area is 29.1 Å². The monoisotopic (exact) mass is 68.0 g/mol. The number of hydrogen-bond acceptors (Lipinski definition) is 1. The van der Waals surface area contributed by atoms with Crippen LogP contribution in [0.3, 0.4) is 0 Å². The van der Waals surface area contributed by atoms with Gasteiger partial charge in [0.25, 0.3) is 0 Å². The Balaban J connectivity index is 0. The van der Waals surface area contributed by atoms with E-state index in [0.717, 1.165) is 0 Å². The Morgan fingerprint density at radius 2 is 1.40 bits per heavy atom. The Bertz CT molecular complexity index is 45.9. The van der Waals surface area contributed by atoms with E-state index in [9.17, 15) is 0 Å². The van der Waals surface area contributed by atoms with Gasteiger partial charge in [0, 0.05) is 0 Å². The molecule has 0 aliphatic carbocycles. The van der Waals surface area contributed by atoms with Crippen LogP contribution < -0.4 is 0 Å². The molecular formula is CN4-2. The van der Waals surface area contributed by atoms with Crippen molar-refractivity contribution in [1.29, 1.82) is 5.26 Å². The van der Waals surface area contributed by atoms with Gasteiger partial charge in [-0.3, -0.25) is 4.91 Å². The van der Waals surface area contributed by atoms with Crippen LogP contribution in [0, 0.1) is 11.8 Å². The molecule has 0 saturated heterocycles. The fourth-order valence-corrected chi connectivity index (χ4v) is 0. The molecule has 26 valence electrons. The van der Waals surface area contributed by atoms with Crippen molar-refractivity contribution < 1.29 is 0 Å². The lowest BCUT2D eigenvalue weighted by molar-refractivity contribution is 1.53. The highest BCUT2D eigenvalue weighted by atomic mass is 15.0. The van der Waals surface area contributed by atoms with Crippen molar-refractivity contribution in [1.82, 2.24) is 0 Å². The van der Waals surface area contributed by atoms with Crippen LogP contribution in [-0.4, -0.2) is 0 Å². The predicted octanol–water partition coefficient (Wildman–Crippen LogP) is 0.962. The highest BCUT2D eigenvalue weighted by molar-refractivity contribution is 4.36. The van der Waals surface area contributed by atoms with E-state index in [0.29, 0.717) is 0 Å². The first-order chi connectivity index (χ1) is 2.41. The first-order valence-electron chi connectivity index (χ1n) is 0.624. The molecule has 0 unspecified atom stereocenters. The third-order valence-electron chi connectivity index (χ3n) is 0. The average Bonchev–Trinajstić information content (AvgIpc) is 1.46. The van der Waals surface area contributed by atoms with Crippen molar-refractivity contribution >= 4 is 0 Å². The fourth-order valence-electron chi connectivity index (χ4n) is 0. The van der Waals surface area contributed by atoms with E-state index in [4.69, 9.17) is 22.9 Å². The molecule has 0 aliphatic heterocycles. The summed E-state index contributed by atoms with van der Waals surface area (Å²) in [5.74, 6) is 0. The molecule has 0 radical (unpaired) electrons. The first-order valence-corrected chi connectivity index (χ1v) is 0.624. The van der Waals surface area contributed by atoms with Crippen LogP contribution >= 0.6 is 0 Å². The summed E-state index contributed by atoms with van der Waals surface area (Å²) in [4.78, 5) is 1.50. The minimum atomic E-state index is 1.50. The van der Waals surface area contributed by atoms with Crippen molar-refractivity contribution in [3.05, 3.63) is 22.5 Å². The highest BCUT2D eigenvalue weighted by Crippen LogP contribution is 1.29. The van der Waals surface area contributed by atoms with E-state index in [1.54, 1.807) is 0 Å². The summed E-state index contributed by atoms with van der Waals surface area (Å²) in [5.41, 5.74) is 13.5. The number of rotatable bonds is 0. The lowest BCUT2D eigenvalue weighted by Crippen LogP contribution is -0.711. The quantitative estimate of drug-likeness (QED) is 0.180. The lowest BCUT2D eigenvalue weighted by Gasteiger charge is -1.31. The van der Waals surface area contributed by atoms with Gasteiger partial charge in [0.1, 0.15) is 0 Å². The standard InChI is InChI=1S/CN.N3/c1-2;1-3-2/q2*-1. The molecule has 0 fully saturated rings. The van der Waals surface area contributed by atoms with Crippen LogP contribution in [0.4, 0.5) is 0 Å². The summed E-state index contributed by atoms with van der Waals surface area (Å²) in [6.45, 7) is 4.75. The molecule has 0 aromatic heterocycles. The van der Waals surface area contributed by atoms with Gasteiger partial charge in [-0.1, -0.05) is 0 Å². The molecule has 0 aromatic carbocycles. The van der Waals surface area contributed by atoms with Crippen LogP contribution in [0.2, 0.25) is 0 Å². The molecule has 0 aromatic rings. The van der Waals surface area contributed by atoms with E-state index >= 15 is 0 Å². The van der Waals surface area contributed by atoms with Crippen LogP contribution in [0.25, 0.3) is 16.0 Å².